The molecular weight excluding hydrogens is 631 g/mol. The van der Waals surface area contributed by atoms with Crippen molar-refractivity contribution in [2.24, 2.45) is 11.5 Å². The number of primary amides is 1. The number of hydrogen-bond donors (Lipinski definition) is 7. The van der Waals surface area contributed by atoms with Crippen molar-refractivity contribution in [1.82, 2.24) is 20.9 Å². The first kappa shape index (κ1) is 34.7. The van der Waals surface area contributed by atoms with Crippen LogP contribution in [-0.4, -0.2) is 75.9 Å². The van der Waals surface area contributed by atoms with Crippen molar-refractivity contribution >= 4 is 75.5 Å². The highest BCUT2D eigenvalue weighted by molar-refractivity contribution is 7.98. The molecule has 1 heterocycles. The van der Waals surface area contributed by atoms with Crippen molar-refractivity contribution in [1.29, 1.82) is 0 Å². The van der Waals surface area contributed by atoms with Gasteiger partial charge in [-0.25, -0.2) is 0 Å². The number of halogens is 2. The van der Waals surface area contributed by atoms with Gasteiger partial charge in [0.2, 0.25) is 23.6 Å². The van der Waals surface area contributed by atoms with Gasteiger partial charge < -0.3 is 37.5 Å². The monoisotopic (exact) mass is 664 g/mol. The van der Waals surface area contributed by atoms with E-state index < -0.39 is 60.2 Å². The Hall–Kier alpha value is -3.78. The number of H-pyrrole nitrogens is 1. The highest BCUT2D eigenvalue weighted by atomic mass is 35.5. The average Bonchev–Trinajstić information content (AvgIpc) is 3.36. The van der Waals surface area contributed by atoms with E-state index in [2.05, 4.69) is 20.9 Å². The highest BCUT2D eigenvalue weighted by Gasteiger charge is 2.31. The number of hydrogen-bond acceptors (Lipinski definition) is 7. The van der Waals surface area contributed by atoms with E-state index in [-0.39, 0.29) is 19.3 Å². The van der Waals surface area contributed by atoms with Crippen LogP contribution in [0, 0.1) is 0 Å². The zero-order valence-electron chi connectivity index (χ0n) is 23.8. The van der Waals surface area contributed by atoms with Gasteiger partial charge in [0.25, 0.3) is 0 Å². The molecule has 236 valence electrons. The highest BCUT2D eigenvalue weighted by Crippen LogP contribution is 2.21. The second-order valence-electron chi connectivity index (χ2n) is 10.1. The second-order valence-corrected chi connectivity index (χ2v) is 12.0. The molecule has 0 aliphatic rings. The van der Waals surface area contributed by atoms with Crippen LogP contribution in [0.4, 0.5) is 0 Å². The number of carboxylic acids is 1. The lowest BCUT2D eigenvalue weighted by Crippen LogP contribution is -2.58. The summed E-state index contributed by atoms with van der Waals surface area (Å²) in [5.74, 6) is -4.14. The first-order valence-corrected chi connectivity index (χ1v) is 15.7. The number of carbonyl (C=O) groups excluding carboxylic acids is 4. The molecular formula is C29H34Cl2N6O6S. The lowest BCUT2D eigenvalue weighted by Gasteiger charge is -2.25. The van der Waals surface area contributed by atoms with Crippen molar-refractivity contribution in [3.63, 3.8) is 0 Å². The maximum atomic E-state index is 13.3. The van der Waals surface area contributed by atoms with Crippen LogP contribution in [0.1, 0.15) is 24.0 Å². The molecule has 0 unspecified atom stereocenters. The lowest BCUT2D eigenvalue weighted by atomic mass is 10.0. The van der Waals surface area contributed by atoms with Gasteiger partial charge in [-0.2, -0.15) is 11.8 Å². The number of thioether (sulfide) groups is 1. The molecule has 0 spiro atoms. The quantitative estimate of drug-likeness (QED) is 0.120. The van der Waals surface area contributed by atoms with Gasteiger partial charge in [0.1, 0.15) is 18.1 Å². The number of carbonyl (C=O) groups is 5. The molecule has 44 heavy (non-hydrogen) atoms. The summed E-state index contributed by atoms with van der Waals surface area (Å²) in [6, 6.07) is 7.16. The fourth-order valence-corrected chi connectivity index (χ4v) is 5.57. The van der Waals surface area contributed by atoms with Gasteiger partial charge in [0.15, 0.2) is 0 Å². The molecule has 2 aromatic carbocycles. The second kappa shape index (κ2) is 16.3. The van der Waals surface area contributed by atoms with Crippen molar-refractivity contribution < 1.29 is 29.1 Å². The number of benzene rings is 2. The number of para-hydroxylation sites is 1. The molecule has 3 aromatic rings. The fraction of sp³-hybridized carbons (Fsp3) is 0.345. The Morgan fingerprint density at radius 1 is 0.909 bits per heavy atom. The molecule has 0 aliphatic carbocycles. The minimum absolute atomic E-state index is 0.0875. The molecule has 4 atom stereocenters. The number of aromatic amines is 1. The van der Waals surface area contributed by atoms with Crippen molar-refractivity contribution in [2.45, 2.75) is 49.9 Å². The van der Waals surface area contributed by atoms with E-state index in [4.69, 9.17) is 34.7 Å². The molecule has 0 saturated carbocycles. The molecule has 3 rings (SSSR count). The molecule has 0 radical (unpaired) electrons. The predicted molar refractivity (Wildman–Crippen MR) is 170 cm³/mol. The van der Waals surface area contributed by atoms with E-state index in [0.717, 1.165) is 16.5 Å². The third-order valence-corrected chi connectivity index (χ3v) is 7.81. The summed E-state index contributed by atoms with van der Waals surface area (Å²) in [5.41, 5.74) is 13.9. The molecule has 15 heteroatoms. The molecule has 0 saturated heterocycles. The van der Waals surface area contributed by atoms with Crippen molar-refractivity contribution in [2.75, 3.05) is 12.0 Å². The number of nitrogens with two attached hydrogens (primary N) is 2. The summed E-state index contributed by atoms with van der Waals surface area (Å²) in [7, 11) is 0. The van der Waals surface area contributed by atoms with Crippen LogP contribution in [-0.2, 0) is 36.8 Å². The number of rotatable bonds is 16. The largest absolute Gasteiger partial charge is 0.481 e. The van der Waals surface area contributed by atoms with Crippen LogP contribution in [0.15, 0.2) is 48.7 Å². The van der Waals surface area contributed by atoms with Gasteiger partial charge in [0, 0.05) is 33.6 Å². The number of aliphatic carboxylic acids is 1. The van der Waals surface area contributed by atoms with E-state index in [0.29, 0.717) is 21.4 Å². The molecule has 12 nitrogen and oxygen atoms in total. The molecule has 1 aromatic heterocycles. The van der Waals surface area contributed by atoms with Gasteiger partial charge in [0.05, 0.1) is 12.5 Å². The Labute approximate surface area is 268 Å². The summed E-state index contributed by atoms with van der Waals surface area (Å²) in [4.78, 5) is 66.4. The number of fused-ring (bicyclic) bond motifs is 1. The third-order valence-electron chi connectivity index (χ3n) is 6.73. The van der Waals surface area contributed by atoms with Gasteiger partial charge >= 0.3 is 5.97 Å². The van der Waals surface area contributed by atoms with Gasteiger partial charge in [-0.3, -0.25) is 24.0 Å². The third kappa shape index (κ3) is 10.2. The first-order chi connectivity index (χ1) is 20.9. The summed E-state index contributed by atoms with van der Waals surface area (Å²) >= 11 is 13.5. The normalized spacial score (nSPS) is 13.8. The summed E-state index contributed by atoms with van der Waals surface area (Å²) in [5, 5.41) is 18.4. The van der Waals surface area contributed by atoms with Crippen LogP contribution in [0.3, 0.4) is 0 Å². The van der Waals surface area contributed by atoms with Gasteiger partial charge in [-0.05, 0) is 60.2 Å². The zero-order valence-corrected chi connectivity index (χ0v) is 26.1. The Bertz CT molecular complexity index is 1500. The smallest absolute Gasteiger partial charge is 0.305 e. The molecule has 0 bridgehead atoms. The maximum Gasteiger partial charge on any atom is 0.305 e. The average molecular weight is 666 g/mol. The van der Waals surface area contributed by atoms with Crippen molar-refractivity contribution in [3.8, 4) is 0 Å². The SMILES string of the molecule is CSCC[C@H](NC(=O)[C@H](N)Cc1c[nH]c2ccccc12)C(=O)N[C@@H](CC(=O)O)C(=O)N[C@@H](Cc1cc(Cl)cc(Cl)c1)C(N)=O. The lowest BCUT2D eigenvalue weighted by molar-refractivity contribution is -0.141. The number of nitrogens with one attached hydrogen (secondary N) is 4. The fourth-order valence-electron chi connectivity index (χ4n) is 4.53. The minimum Gasteiger partial charge on any atom is -0.481 e. The molecule has 0 aliphatic heterocycles. The van der Waals surface area contributed by atoms with Crippen LogP contribution in [0.5, 0.6) is 0 Å². The van der Waals surface area contributed by atoms with Crippen LogP contribution >= 0.6 is 35.0 Å². The molecule has 9 N–H and O–H groups in total. The topological polar surface area (TPSA) is 209 Å². The van der Waals surface area contributed by atoms with E-state index in [1.165, 1.54) is 30.0 Å². The van der Waals surface area contributed by atoms with Crippen molar-refractivity contribution in [3.05, 3.63) is 69.8 Å². The standard InChI is InChI=1S/C29H34Cl2N6O6S/c1-44-7-6-22(35-27(41)20(32)11-16-14-34-21-5-3-2-4-19(16)21)28(42)37-24(13-25(38)39)29(43)36-23(26(33)40)10-15-8-17(30)12-18(31)9-15/h2-5,8-9,12,14,20,22-24,34H,6-7,10-11,13,32H2,1H3,(H2,33,40)(H,35,41)(H,36,43)(H,37,42)(H,38,39)/t20-,22+,23+,24+/m1/s1. The molecule has 0 fully saturated rings. The van der Waals surface area contributed by atoms with Gasteiger partial charge in [-0.1, -0.05) is 41.4 Å². The Balaban J connectivity index is 1.71. The Kier molecular flexibility index (Phi) is 12.9. The Morgan fingerprint density at radius 3 is 2.16 bits per heavy atom. The Morgan fingerprint density at radius 2 is 1.52 bits per heavy atom. The summed E-state index contributed by atoms with van der Waals surface area (Å²) < 4.78 is 0. The summed E-state index contributed by atoms with van der Waals surface area (Å²) in [6.07, 6.45) is 3.08. The van der Waals surface area contributed by atoms with Gasteiger partial charge in [-0.15, -0.1) is 0 Å². The molecule has 4 amide bonds. The van der Waals surface area contributed by atoms with E-state index in [1.807, 2.05) is 30.5 Å². The van der Waals surface area contributed by atoms with E-state index in [9.17, 15) is 29.1 Å². The van der Waals surface area contributed by atoms with Crippen LogP contribution < -0.4 is 27.4 Å². The minimum atomic E-state index is -1.58. The predicted octanol–water partition coefficient (Wildman–Crippen LogP) is 1.75. The number of carboxylic acid groups (broad SMARTS) is 1. The van der Waals surface area contributed by atoms with Crippen LogP contribution in [0.25, 0.3) is 10.9 Å². The van der Waals surface area contributed by atoms with E-state index >= 15 is 0 Å². The first-order valence-electron chi connectivity index (χ1n) is 13.5. The zero-order chi connectivity index (χ0) is 32.4. The van der Waals surface area contributed by atoms with E-state index in [1.54, 1.807) is 6.20 Å². The maximum absolute atomic E-state index is 13.3. The van der Waals surface area contributed by atoms with Crippen LogP contribution in [0.2, 0.25) is 10.0 Å². The number of aromatic nitrogens is 1. The number of amides is 4. The summed E-state index contributed by atoms with van der Waals surface area (Å²) in [6.45, 7) is 0.